The third kappa shape index (κ3) is 1.50. The predicted octanol–water partition coefficient (Wildman–Crippen LogP) is -0.173. The second-order valence-corrected chi connectivity index (χ2v) is 4.46. The van der Waals surface area contributed by atoms with Crippen molar-refractivity contribution < 1.29 is 4.79 Å². The maximum absolute atomic E-state index is 11.5. The average Bonchev–Trinajstić information content (AvgIpc) is 2.41. The van der Waals surface area contributed by atoms with Crippen molar-refractivity contribution >= 4 is 40.4 Å². The van der Waals surface area contributed by atoms with Crippen LogP contribution >= 0.6 is 24.4 Å². The Morgan fingerprint density at radius 2 is 1.94 bits per heavy atom. The molecule has 1 N–H and O–H groups in total. The van der Waals surface area contributed by atoms with E-state index in [4.69, 9.17) is 24.4 Å². The zero-order valence-corrected chi connectivity index (χ0v) is 11.7. The zero-order chi connectivity index (χ0) is 12.7. The van der Waals surface area contributed by atoms with Crippen LogP contribution in [0.25, 0.3) is 0 Å². The summed E-state index contributed by atoms with van der Waals surface area (Å²) in [7, 11) is 7.07. The minimum atomic E-state index is -0.840. The number of nitrogens with zero attached hydrogens (tertiary/aromatic N) is 3. The molecule has 7 heteroatoms. The molecule has 0 saturated carbocycles. The number of thiocarbonyl (C=S) groups is 2. The van der Waals surface area contributed by atoms with Crippen molar-refractivity contribution in [1.29, 1.82) is 0 Å². The zero-order valence-electron chi connectivity index (χ0n) is 10.1. The fraction of sp³-hybridized carbons (Fsp3) is 0.667. The van der Waals surface area contributed by atoms with Gasteiger partial charge in [-0.15, -0.1) is 0 Å². The van der Waals surface area contributed by atoms with Crippen molar-refractivity contribution in [3.63, 3.8) is 0 Å². The molecule has 1 rings (SSSR count). The maximum atomic E-state index is 11.5. The average molecular weight is 260 g/mol. The van der Waals surface area contributed by atoms with E-state index in [2.05, 4.69) is 5.32 Å². The van der Waals surface area contributed by atoms with Crippen LogP contribution in [-0.2, 0) is 4.79 Å². The molecule has 1 amide bonds. The van der Waals surface area contributed by atoms with Crippen LogP contribution in [0.4, 0.5) is 0 Å². The Kier molecular flexibility index (Phi) is 3.51. The van der Waals surface area contributed by atoms with E-state index in [0.717, 1.165) is 0 Å². The highest BCUT2D eigenvalue weighted by Gasteiger charge is 2.52. The van der Waals surface area contributed by atoms with E-state index in [1.807, 2.05) is 7.05 Å². The first-order valence-corrected chi connectivity index (χ1v) is 5.61. The minimum absolute atomic E-state index is 0.0818. The second-order valence-electron chi connectivity index (χ2n) is 3.71. The molecule has 1 aliphatic rings. The van der Waals surface area contributed by atoms with E-state index in [0.29, 0.717) is 10.1 Å². The lowest BCUT2D eigenvalue weighted by atomic mass is 10.2. The summed E-state index contributed by atoms with van der Waals surface area (Å²) in [6.07, 6.45) is 0. The van der Waals surface area contributed by atoms with E-state index in [9.17, 15) is 4.79 Å². The number of nitrogens with one attached hydrogen (secondary N) is 1. The fourth-order valence-corrected chi connectivity index (χ4v) is 2.61. The molecular formula is C9H16N4OS2. The standard InChI is InChI=1S/C9H16N4OS2/c1-6(14)12(4)9(10-2)7(15)11(3)8(16)13(9)5/h10H,1-5H3. The highest BCUT2D eigenvalue weighted by Crippen LogP contribution is 2.27. The quantitative estimate of drug-likeness (QED) is 0.549. The highest BCUT2D eigenvalue weighted by molar-refractivity contribution is 7.82. The van der Waals surface area contributed by atoms with Crippen molar-refractivity contribution in [2.24, 2.45) is 0 Å². The Hall–Kier alpha value is -0.790. The molecule has 0 radical (unpaired) electrons. The SMILES string of the molecule is CNC1(N(C)C(C)=O)C(=S)N(C)C(=S)N1C. The Morgan fingerprint density at radius 1 is 1.44 bits per heavy atom. The predicted molar refractivity (Wildman–Crippen MR) is 71.0 cm³/mol. The molecule has 0 aromatic rings. The Labute approximate surface area is 106 Å². The van der Waals surface area contributed by atoms with Crippen LogP contribution in [0, 0.1) is 0 Å². The van der Waals surface area contributed by atoms with Gasteiger partial charge in [-0.3, -0.25) is 10.1 Å². The van der Waals surface area contributed by atoms with Crippen LogP contribution in [0.2, 0.25) is 0 Å². The van der Waals surface area contributed by atoms with Gasteiger partial charge >= 0.3 is 0 Å². The molecule has 0 bridgehead atoms. The number of likely N-dealkylation sites (N-methyl/N-ethyl adjacent to an activating group) is 4. The molecule has 0 aromatic heterocycles. The van der Waals surface area contributed by atoms with Crippen LogP contribution < -0.4 is 5.32 Å². The number of hydrogen-bond donors (Lipinski definition) is 1. The molecule has 0 spiro atoms. The summed E-state index contributed by atoms with van der Waals surface area (Å²) >= 11 is 10.6. The fourth-order valence-electron chi connectivity index (χ4n) is 1.87. The van der Waals surface area contributed by atoms with Crippen molar-refractivity contribution in [3.05, 3.63) is 0 Å². The molecule has 1 heterocycles. The first-order chi connectivity index (χ1) is 7.30. The summed E-state index contributed by atoms with van der Waals surface area (Å²) in [6.45, 7) is 1.50. The third-order valence-corrected chi connectivity index (χ3v) is 4.07. The molecule has 1 saturated heterocycles. The second kappa shape index (κ2) is 4.23. The molecule has 16 heavy (non-hydrogen) atoms. The Morgan fingerprint density at radius 3 is 2.19 bits per heavy atom. The molecule has 1 aliphatic heterocycles. The van der Waals surface area contributed by atoms with Gasteiger partial charge in [0.1, 0.15) is 4.99 Å². The Balaban J connectivity index is 3.28. The third-order valence-electron chi connectivity index (χ3n) is 2.97. The molecule has 90 valence electrons. The molecule has 1 unspecified atom stereocenters. The van der Waals surface area contributed by atoms with Crippen molar-refractivity contribution in [2.45, 2.75) is 12.7 Å². The van der Waals surface area contributed by atoms with E-state index < -0.39 is 5.79 Å². The lowest BCUT2D eigenvalue weighted by Crippen LogP contribution is -2.68. The maximum Gasteiger partial charge on any atom is 0.226 e. The molecule has 1 atom stereocenters. The van der Waals surface area contributed by atoms with Crippen LogP contribution in [-0.4, -0.2) is 64.7 Å². The molecule has 5 nitrogen and oxygen atoms in total. The normalized spacial score (nSPS) is 25.3. The molecule has 1 fully saturated rings. The van der Waals surface area contributed by atoms with E-state index >= 15 is 0 Å². The monoisotopic (exact) mass is 260 g/mol. The van der Waals surface area contributed by atoms with Gasteiger partial charge in [0.25, 0.3) is 0 Å². The number of carbonyl (C=O) groups excluding carboxylic acids is 1. The van der Waals surface area contributed by atoms with Gasteiger partial charge in [0, 0.05) is 28.1 Å². The molecule has 0 aliphatic carbocycles. The summed E-state index contributed by atoms with van der Waals surface area (Å²) < 4.78 is 0. The number of hydrogen-bond acceptors (Lipinski definition) is 4. The van der Waals surface area contributed by atoms with Gasteiger partial charge in [0.05, 0.1) is 0 Å². The van der Waals surface area contributed by atoms with E-state index in [1.54, 1.807) is 35.8 Å². The van der Waals surface area contributed by atoms with Gasteiger partial charge in [0.2, 0.25) is 11.7 Å². The summed E-state index contributed by atoms with van der Waals surface area (Å²) in [5.74, 6) is -0.922. The first kappa shape index (κ1) is 13.3. The number of rotatable bonds is 2. The highest BCUT2D eigenvalue weighted by atomic mass is 32.1. The number of amides is 1. The van der Waals surface area contributed by atoms with Crippen LogP contribution in [0.1, 0.15) is 6.92 Å². The minimum Gasteiger partial charge on any atom is -0.311 e. The lowest BCUT2D eigenvalue weighted by molar-refractivity contribution is -0.135. The van der Waals surface area contributed by atoms with Crippen LogP contribution in [0.15, 0.2) is 0 Å². The smallest absolute Gasteiger partial charge is 0.226 e. The molecular weight excluding hydrogens is 244 g/mol. The van der Waals surface area contributed by atoms with E-state index in [-0.39, 0.29) is 5.91 Å². The van der Waals surface area contributed by atoms with Gasteiger partial charge in [-0.1, -0.05) is 12.2 Å². The lowest BCUT2D eigenvalue weighted by Gasteiger charge is -2.41. The van der Waals surface area contributed by atoms with Gasteiger partial charge < -0.3 is 14.7 Å². The van der Waals surface area contributed by atoms with Gasteiger partial charge in [0.15, 0.2) is 5.11 Å². The summed E-state index contributed by atoms with van der Waals surface area (Å²) in [5, 5.41) is 3.67. The van der Waals surface area contributed by atoms with Crippen LogP contribution in [0.3, 0.4) is 0 Å². The summed E-state index contributed by atoms with van der Waals surface area (Å²) in [6, 6.07) is 0. The summed E-state index contributed by atoms with van der Waals surface area (Å²) in [5.41, 5.74) is 0. The van der Waals surface area contributed by atoms with Gasteiger partial charge in [-0.25, -0.2) is 0 Å². The largest absolute Gasteiger partial charge is 0.311 e. The van der Waals surface area contributed by atoms with Crippen molar-refractivity contribution in [1.82, 2.24) is 20.0 Å². The van der Waals surface area contributed by atoms with Gasteiger partial charge in [-0.05, 0) is 19.3 Å². The van der Waals surface area contributed by atoms with Crippen molar-refractivity contribution in [3.8, 4) is 0 Å². The van der Waals surface area contributed by atoms with Crippen LogP contribution in [0.5, 0.6) is 0 Å². The first-order valence-electron chi connectivity index (χ1n) is 4.80. The van der Waals surface area contributed by atoms with E-state index in [1.165, 1.54) is 6.92 Å². The summed E-state index contributed by atoms with van der Waals surface area (Å²) in [4.78, 5) is 17.2. The topological polar surface area (TPSA) is 38.8 Å². The Bertz CT molecular complexity index is 353. The number of carbonyl (C=O) groups is 1. The van der Waals surface area contributed by atoms with Crippen molar-refractivity contribution in [2.75, 3.05) is 28.2 Å². The van der Waals surface area contributed by atoms with Gasteiger partial charge in [-0.2, -0.15) is 0 Å². The molecule has 0 aromatic carbocycles.